The highest BCUT2D eigenvalue weighted by Gasteiger charge is 2.21. The second-order valence-corrected chi connectivity index (χ2v) is 8.07. The summed E-state index contributed by atoms with van der Waals surface area (Å²) in [5.74, 6) is -0.223. The van der Waals surface area contributed by atoms with Gasteiger partial charge in [0.2, 0.25) is 5.89 Å². The molecule has 1 amide bonds. The molecule has 1 aromatic heterocycles. The fourth-order valence-corrected chi connectivity index (χ4v) is 4.29. The number of fused-ring (bicyclic) bond motifs is 2. The summed E-state index contributed by atoms with van der Waals surface area (Å²) in [6.07, 6.45) is 4.27. The number of para-hydroxylation sites is 2. The lowest BCUT2D eigenvalue weighted by molar-refractivity contribution is -0.134. The van der Waals surface area contributed by atoms with Crippen LogP contribution in [0.25, 0.3) is 33.3 Å². The van der Waals surface area contributed by atoms with Crippen molar-refractivity contribution in [3.05, 3.63) is 66.2 Å². The molecule has 1 aliphatic heterocycles. The van der Waals surface area contributed by atoms with E-state index in [1.807, 2.05) is 54.6 Å². The molecule has 2 heterocycles. The SMILES string of the molecule is O=C(OCC(=O)N1CCCCCC1)c1cccc2cccc(-c3nc4ccccc4o3)c12. The number of hydrogen-bond donors (Lipinski definition) is 0. The quantitative estimate of drug-likeness (QED) is 0.417. The number of nitrogens with zero attached hydrogens (tertiary/aromatic N) is 2. The van der Waals surface area contributed by atoms with E-state index in [4.69, 9.17) is 9.15 Å². The first-order valence-corrected chi connectivity index (χ1v) is 11.0. The average Bonchev–Trinajstić information content (AvgIpc) is 3.07. The fourth-order valence-electron chi connectivity index (χ4n) is 4.29. The second-order valence-electron chi connectivity index (χ2n) is 8.07. The number of amides is 1. The molecule has 0 unspecified atom stereocenters. The monoisotopic (exact) mass is 428 g/mol. The maximum atomic E-state index is 13.0. The molecule has 3 aromatic carbocycles. The number of aromatic nitrogens is 1. The number of likely N-dealkylation sites (tertiary alicyclic amines) is 1. The van der Waals surface area contributed by atoms with Gasteiger partial charge < -0.3 is 14.1 Å². The molecule has 0 radical (unpaired) electrons. The highest BCUT2D eigenvalue weighted by molar-refractivity contribution is 6.10. The summed E-state index contributed by atoms with van der Waals surface area (Å²) < 4.78 is 11.4. The first-order valence-electron chi connectivity index (χ1n) is 11.0. The largest absolute Gasteiger partial charge is 0.452 e. The first kappa shape index (κ1) is 20.2. The van der Waals surface area contributed by atoms with Crippen molar-refractivity contribution in [2.45, 2.75) is 25.7 Å². The minimum absolute atomic E-state index is 0.139. The minimum atomic E-state index is -0.526. The van der Waals surface area contributed by atoms with Gasteiger partial charge in [-0.1, -0.05) is 49.2 Å². The van der Waals surface area contributed by atoms with Gasteiger partial charge in [0.15, 0.2) is 12.2 Å². The van der Waals surface area contributed by atoms with Gasteiger partial charge in [-0.15, -0.1) is 0 Å². The van der Waals surface area contributed by atoms with Gasteiger partial charge >= 0.3 is 5.97 Å². The average molecular weight is 428 g/mol. The van der Waals surface area contributed by atoms with Crippen LogP contribution in [0.3, 0.4) is 0 Å². The van der Waals surface area contributed by atoms with Gasteiger partial charge in [0, 0.05) is 24.0 Å². The predicted molar refractivity (Wildman–Crippen MR) is 122 cm³/mol. The van der Waals surface area contributed by atoms with E-state index in [0.29, 0.717) is 28.0 Å². The summed E-state index contributed by atoms with van der Waals surface area (Å²) in [5, 5.41) is 1.58. The van der Waals surface area contributed by atoms with E-state index in [-0.39, 0.29) is 12.5 Å². The summed E-state index contributed by atoms with van der Waals surface area (Å²) >= 11 is 0. The lowest BCUT2D eigenvalue weighted by Gasteiger charge is -2.20. The van der Waals surface area contributed by atoms with Gasteiger partial charge in [0.25, 0.3) is 5.91 Å². The molecule has 0 spiro atoms. The lowest BCUT2D eigenvalue weighted by Crippen LogP contribution is -2.35. The van der Waals surface area contributed by atoms with Crippen molar-refractivity contribution in [1.29, 1.82) is 0 Å². The van der Waals surface area contributed by atoms with Crippen molar-refractivity contribution in [1.82, 2.24) is 9.88 Å². The Morgan fingerprint density at radius 1 is 0.906 bits per heavy atom. The zero-order valence-electron chi connectivity index (χ0n) is 17.8. The maximum Gasteiger partial charge on any atom is 0.339 e. The summed E-state index contributed by atoms with van der Waals surface area (Å²) in [6.45, 7) is 1.21. The number of oxazole rings is 1. The molecule has 0 atom stereocenters. The fraction of sp³-hybridized carbons (Fsp3) is 0.269. The molecule has 1 aliphatic rings. The topological polar surface area (TPSA) is 72.6 Å². The Morgan fingerprint density at radius 3 is 2.44 bits per heavy atom. The summed E-state index contributed by atoms with van der Waals surface area (Å²) in [4.78, 5) is 32.0. The van der Waals surface area contributed by atoms with E-state index in [9.17, 15) is 9.59 Å². The number of carbonyl (C=O) groups is 2. The Balaban J connectivity index is 1.45. The summed E-state index contributed by atoms with van der Waals surface area (Å²) in [5.41, 5.74) is 2.54. The zero-order valence-corrected chi connectivity index (χ0v) is 17.8. The molecule has 0 N–H and O–H groups in total. The van der Waals surface area contributed by atoms with E-state index in [2.05, 4.69) is 4.98 Å². The van der Waals surface area contributed by atoms with E-state index < -0.39 is 5.97 Å². The van der Waals surface area contributed by atoms with Crippen LogP contribution in [0.5, 0.6) is 0 Å². The van der Waals surface area contributed by atoms with Crippen LogP contribution in [0.1, 0.15) is 36.0 Å². The highest BCUT2D eigenvalue weighted by Crippen LogP contribution is 2.33. The van der Waals surface area contributed by atoms with Crippen molar-refractivity contribution in [3.8, 4) is 11.5 Å². The van der Waals surface area contributed by atoms with Crippen molar-refractivity contribution in [2.24, 2.45) is 0 Å². The molecule has 0 aliphatic carbocycles. The van der Waals surface area contributed by atoms with Gasteiger partial charge in [0.05, 0.1) is 5.56 Å². The van der Waals surface area contributed by atoms with Crippen LogP contribution in [0.4, 0.5) is 0 Å². The van der Waals surface area contributed by atoms with Crippen LogP contribution < -0.4 is 0 Å². The van der Waals surface area contributed by atoms with Gasteiger partial charge in [-0.3, -0.25) is 4.79 Å². The Labute approximate surface area is 185 Å². The smallest absolute Gasteiger partial charge is 0.339 e. The lowest BCUT2D eigenvalue weighted by atomic mass is 9.99. The van der Waals surface area contributed by atoms with Gasteiger partial charge in [-0.2, -0.15) is 0 Å². The molecule has 6 nitrogen and oxygen atoms in total. The molecule has 1 fully saturated rings. The van der Waals surface area contributed by atoms with Crippen LogP contribution >= 0.6 is 0 Å². The van der Waals surface area contributed by atoms with Crippen LogP contribution in [0.2, 0.25) is 0 Å². The molecule has 1 saturated heterocycles. The Hall–Kier alpha value is -3.67. The van der Waals surface area contributed by atoms with Gasteiger partial charge in [-0.05, 0) is 42.5 Å². The van der Waals surface area contributed by atoms with Crippen molar-refractivity contribution < 1.29 is 18.7 Å². The van der Waals surface area contributed by atoms with E-state index in [1.165, 1.54) is 0 Å². The number of carbonyl (C=O) groups excluding carboxylic acids is 2. The zero-order chi connectivity index (χ0) is 21.9. The molecule has 0 saturated carbocycles. The third-order valence-corrected chi connectivity index (χ3v) is 5.93. The Morgan fingerprint density at radius 2 is 1.66 bits per heavy atom. The normalized spacial score (nSPS) is 14.4. The Kier molecular flexibility index (Phi) is 5.58. The molecule has 0 bridgehead atoms. The molecule has 162 valence electrons. The molecule has 32 heavy (non-hydrogen) atoms. The van der Waals surface area contributed by atoms with E-state index in [1.54, 1.807) is 11.0 Å². The molecular formula is C26H24N2O4. The van der Waals surface area contributed by atoms with Gasteiger partial charge in [-0.25, -0.2) is 9.78 Å². The molecule has 4 aromatic rings. The molecule has 6 heteroatoms. The van der Waals surface area contributed by atoms with Crippen LogP contribution in [-0.2, 0) is 9.53 Å². The van der Waals surface area contributed by atoms with Crippen LogP contribution in [0.15, 0.2) is 65.1 Å². The minimum Gasteiger partial charge on any atom is -0.452 e. The number of rotatable bonds is 4. The number of benzene rings is 3. The standard InChI is InChI=1S/C26H24N2O4/c29-23(28-15-5-1-2-6-16-28)17-31-26(30)20-12-8-10-18-9-7-11-19(24(18)20)25-27-21-13-3-4-14-22(21)32-25/h3-4,7-14H,1-2,5-6,15-17H2. The van der Waals surface area contributed by atoms with E-state index >= 15 is 0 Å². The number of esters is 1. The molecule has 5 rings (SSSR count). The van der Waals surface area contributed by atoms with Crippen molar-refractivity contribution in [3.63, 3.8) is 0 Å². The van der Waals surface area contributed by atoms with E-state index in [0.717, 1.165) is 49.7 Å². The van der Waals surface area contributed by atoms with Crippen LogP contribution in [0, 0.1) is 0 Å². The summed E-state index contributed by atoms with van der Waals surface area (Å²) in [7, 11) is 0. The molecular weight excluding hydrogens is 404 g/mol. The third kappa shape index (κ3) is 3.96. The maximum absolute atomic E-state index is 13.0. The number of ether oxygens (including phenoxy) is 1. The van der Waals surface area contributed by atoms with Gasteiger partial charge in [0.1, 0.15) is 5.52 Å². The van der Waals surface area contributed by atoms with Crippen molar-refractivity contribution in [2.75, 3.05) is 19.7 Å². The second kappa shape index (κ2) is 8.83. The third-order valence-electron chi connectivity index (χ3n) is 5.93. The highest BCUT2D eigenvalue weighted by atomic mass is 16.5. The summed E-state index contributed by atoms with van der Waals surface area (Å²) in [6, 6.07) is 18.7. The van der Waals surface area contributed by atoms with Crippen LogP contribution in [-0.4, -0.2) is 41.5 Å². The predicted octanol–water partition coefficient (Wildman–Crippen LogP) is 5.21. The van der Waals surface area contributed by atoms with Crippen molar-refractivity contribution >= 4 is 33.7 Å². The Bertz CT molecular complexity index is 1250. The first-order chi connectivity index (χ1) is 15.7. The number of hydrogen-bond acceptors (Lipinski definition) is 5.